The molecule has 1 saturated heterocycles. The molecular formula is C19H18BrN5O2. The second kappa shape index (κ2) is 7.58. The molecule has 1 fully saturated rings. The predicted octanol–water partition coefficient (Wildman–Crippen LogP) is 4.48. The topological polar surface area (TPSA) is 83.1 Å². The van der Waals surface area contributed by atoms with Gasteiger partial charge in [0.15, 0.2) is 5.69 Å². The van der Waals surface area contributed by atoms with Crippen LogP contribution in [0.15, 0.2) is 57.4 Å². The molecule has 1 N–H and O–H groups in total. The molecule has 27 heavy (non-hydrogen) atoms. The van der Waals surface area contributed by atoms with Crippen LogP contribution in [0.5, 0.6) is 5.88 Å². The minimum Gasteiger partial charge on any atom is -0.493 e. The monoisotopic (exact) mass is 427 g/mol. The van der Waals surface area contributed by atoms with Gasteiger partial charge in [-0.1, -0.05) is 15.9 Å². The molecule has 138 valence electrons. The molecule has 8 heteroatoms. The second-order valence-corrected chi connectivity index (χ2v) is 7.38. The maximum Gasteiger partial charge on any atom is 0.295 e. The number of rotatable bonds is 4. The van der Waals surface area contributed by atoms with Crippen LogP contribution < -0.4 is 0 Å². The van der Waals surface area contributed by atoms with E-state index in [4.69, 9.17) is 0 Å². The van der Waals surface area contributed by atoms with E-state index in [0.29, 0.717) is 17.9 Å². The lowest BCUT2D eigenvalue weighted by molar-refractivity contribution is 0.0995. The van der Waals surface area contributed by atoms with E-state index < -0.39 is 5.91 Å². The highest BCUT2D eigenvalue weighted by molar-refractivity contribution is 9.10. The Morgan fingerprint density at radius 3 is 2.67 bits per heavy atom. The quantitative estimate of drug-likeness (QED) is 0.621. The van der Waals surface area contributed by atoms with Crippen molar-refractivity contribution in [1.82, 2.24) is 14.5 Å². The number of hydrogen-bond donors (Lipinski definition) is 1. The summed E-state index contributed by atoms with van der Waals surface area (Å²) in [6, 6.07) is 8.88. The zero-order valence-electron chi connectivity index (χ0n) is 14.5. The number of halogens is 1. The van der Waals surface area contributed by atoms with Gasteiger partial charge >= 0.3 is 0 Å². The fraction of sp³-hybridized carbons (Fsp3) is 0.263. The molecule has 0 radical (unpaired) electrons. The number of azo groups is 1. The van der Waals surface area contributed by atoms with Crippen LogP contribution in [0, 0.1) is 0 Å². The highest BCUT2D eigenvalue weighted by atomic mass is 79.9. The van der Waals surface area contributed by atoms with Gasteiger partial charge in [0.25, 0.3) is 5.91 Å². The Hall–Kier alpha value is -2.58. The van der Waals surface area contributed by atoms with E-state index in [-0.39, 0.29) is 5.88 Å². The van der Waals surface area contributed by atoms with Crippen LogP contribution >= 0.6 is 15.9 Å². The smallest absolute Gasteiger partial charge is 0.295 e. The molecule has 3 heterocycles. The Kier molecular flexibility index (Phi) is 5.00. The van der Waals surface area contributed by atoms with Gasteiger partial charge in [0.2, 0.25) is 5.88 Å². The summed E-state index contributed by atoms with van der Waals surface area (Å²) in [6.07, 6.45) is 5.38. The van der Waals surface area contributed by atoms with Crippen molar-refractivity contribution >= 4 is 38.4 Å². The first-order valence-corrected chi connectivity index (χ1v) is 9.52. The van der Waals surface area contributed by atoms with Crippen LogP contribution in [-0.2, 0) is 6.67 Å². The Morgan fingerprint density at radius 1 is 1.19 bits per heavy atom. The molecule has 0 atom stereocenters. The summed E-state index contributed by atoms with van der Waals surface area (Å²) in [4.78, 5) is 18.4. The molecule has 0 unspecified atom stereocenters. The molecule has 1 aliphatic rings. The summed E-state index contributed by atoms with van der Waals surface area (Å²) in [5, 5.41) is 19.4. The highest BCUT2D eigenvalue weighted by Crippen LogP contribution is 2.40. The average Bonchev–Trinajstić information content (AvgIpc) is 3.28. The van der Waals surface area contributed by atoms with Crippen LogP contribution in [0.4, 0.5) is 5.69 Å². The van der Waals surface area contributed by atoms with Crippen molar-refractivity contribution in [3.8, 4) is 5.88 Å². The molecule has 0 aliphatic carbocycles. The molecule has 3 aromatic rings. The van der Waals surface area contributed by atoms with Gasteiger partial charge in [-0.3, -0.25) is 19.2 Å². The number of amides is 1. The van der Waals surface area contributed by atoms with Gasteiger partial charge < -0.3 is 5.11 Å². The zero-order valence-corrected chi connectivity index (χ0v) is 16.1. The van der Waals surface area contributed by atoms with Gasteiger partial charge in [0, 0.05) is 27.8 Å². The fourth-order valence-electron chi connectivity index (χ4n) is 3.31. The van der Waals surface area contributed by atoms with Gasteiger partial charge in [-0.25, -0.2) is 0 Å². The van der Waals surface area contributed by atoms with E-state index in [1.807, 2.05) is 22.8 Å². The number of aromatic hydroxyl groups is 1. The van der Waals surface area contributed by atoms with Crippen molar-refractivity contribution in [2.75, 3.05) is 13.1 Å². The van der Waals surface area contributed by atoms with Gasteiger partial charge in [0.1, 0.15) is 0 Å². The lowest BCUT2D eigenvalue weighted by atomic mass is 10.2. The number of likely N-dealkylation sites (tertiary alicyclic amines) is 1. The van der Waals surface area contributed by atoms with E-state index >= 15 is 0 Å². The predicted molar refractivity (Wildman–Crippen MR) is 105 cm³/mol. The number of benzene rings is 1. The molecule has 0 saturated carbocycles. The van der Waals surface area contributed by atoms with Gasteiger partial charge in [-0.15, -0.1) is 10.2 Å². The minimum absolute atomic E-state index is 0.0151. The molecule has 4 rings (SSSR count). The molecule has 0 bridgehead atoms. The van der Waals surface area contributed by atoms with E-state index in [2.05, 4.69) is 36.0 Å². The Bertz CT molecular complexity index is 1010. The Balaban J connectivity index is 1.73. The first kappa shape index (κ1) is 17.8. The lowest BCUT2D eigenvalue weighted by Gasteiger charge is -2.17. The van der Waals surface area contributed by atoms with Crippen LogP contribution in [0.2, 0.25) is 0 Å². The lowest BCUT2D eigenvalue weighted by Crippen LogP contribution is -2.22. The summed E-state index contributed by atoms with van der Waals surface area (Å²) in [6.45, 7) is 2.60. The summed E-state index contributed by atoms with van der Waals surface area (Å²) in [5.41, 5.74) is 1.55. The number of pyridine rings is 1. The SMILES string of the molecule is O=C(N=Nc1c(O)n(CN2CCCC2)c2ccc(Br)cc12)c1ccncc1. The second-order valence-electron chi connectivity index (χ2n) is 6.47. The van der Waals surface area contributed by atoms with Gasteiger partial charge in [0.05, 0.1) is 12.2 Å². The number of fused-ring (bicyclic) bond motifs is 1. The maximum atomic E-state index is 12.2. The molecule has 1 aromatic carbocycles. The van der Waals surface area contributed by atoms with Crippen LogP contribution in [0.1, 0.15) is 23.2 Å². The van der Waals surface area contributed by atoms with Crippen molar-refractivity contribution in [3.05, 3.63) is 52.8 Å². The summed E-state index contributed by atoms with van der Waals surface area (Å²) in [5.74, 6) is -0.464. The molecule has 0 spiro atoms. The van der Waals surface area contributed by atoms with E-state index in [9.17, 15) is 9.90 Å². The third-order valence-electron chi connectivity index (χ3n) is 4.68. The van der Waals surface area contributed by atoms with E-state index in [0.717, 1.165) is 28.5 Å². The molecular weight excluding hydrogens is 410 g/mol. The van der Waals surface area contributed by atoms with Crippen molar-refractivity contribution < 1.29 is 9.90 Å². The third-order valence-corrected chi connectivity index (χ3v) is 5.17. The van der Waals surface area contributed by atoms with E-state index in [1.54, 1.807) is 12.1 Å². The summed E-state index contributed by atoms with van der Waals surface area (Å²) in [7, 11) is 0. The molecule has 7 nitrogen and oxygen atoms in total. The maximum absolute atomic E-state index is 12.2. The summed E-state index contributed by atoms with van der Waals surface area (Å²) < 4.78 is 2.68. The first-order chi connectivity index (χ1) is 13.1. The van der Waals surface area contributed by atoms with Crippen molar-refractivity contribution in [2.24, 2.45) is 10.2 Å². The van der Waals surface area contributed by atoms with Crippen LogP contribution in [0.3, 0.4) is 0 Å². The van der Waals surface area contributed by atoms with Gasteiger partial charge in [-0.2, -0.15) is 0 Å². The minimum atomic E-state index is -0.479. The number of carbonyl (C=O) groups is 1. The zero-order chi connectivity index (χ0) is 18.8. The van der Waals surface area contributed by atoms with Crippen LogP contribution in [0.25, 0.3) is 10.9 Å². The normalized spacial score (nSPS) is 15.1. The van der Waals surface area contributed by atoms with Crippen LogP contribution in [-0.4, -0.2) is 38.6 Å². The fourth-order valence-corrected chi connectivity index (χ4v) is 3.67. The largest absolute Gasteiger partial charge is 0.493 e. The average molecular weight is 428 g/mol. The van der Waals surface area contributed by atoms with Crippen molar-refractivity contribution in [1.29, 1.82) is 0 Å². The molecule has 2 aromatic heterocycles. The standard InChI is InChI=1S/C19H18BrN5O2/c20-14-3-4-16-15(11-14)17(19(27)25(16)12-24-9-1-2-10-24)22-23-18(26)13-5-7-21-8-6-13/h3-8,11,27H,1-2,9-10,12H2. The highest BCUT2D eigenvalue weighted by Gasteiger charge is 2.20. The number of carbonyl (C=O) groups excluding carboxylic acids is 1. The van der Waals surface area contributed by atoms with Crippen molar-refractivity contribution in [2.45, 2.75) is 19.5 Å². The third kappa shape index (κ3) is 3.63. The van der Waals surface area contributed by atoms with Crippen molar-refractivity contribution in [3.63, 3.8) is 0 Å². The Morgan fingerprint density at radius 2 is 1.93 bits per heavy atom. The number of nitrogens with zero attached hydrogens (tertiary/aromatic N) is 5. The number of hydrogen-bond acceptors (Lipinski definition) is 5. The molecule has 1 aliphatic heterocycles. The Labute approximate surface area is 164 Å². The number of aromatic nitrogens is 2. The van der Waals surface area contributed by atoms with Gasteiger partial charge in [-0.05, 0) is 56.3 Å². The van der Waals surface area contributed by atoms with E-state index in [1.165, 1.54) is 25.2 Å². The molecule has 1 amide bonds. The first-order valence-electron chi connectivity index (χ1n) is 8.72. The summed E-state index contributed by atoms with van der Waals surface area (Å²) >= 11 is 3.46.